The van der Waals surface area contributed by atoms with Gasteiger partial charge in [-0.1, -0.05) is 11.8 Å². The van der Waals surface area contributed by atoms with E-state index in [4.69, 9.17) is 14.2 Å². The topological polar surface area (TPSA) is 166 Å². The zero-order valence-corrected chi connectivity index (χ0v) is 20.2. The molecule has 2 aromatic heterocycles. The Balaban J connectivity index is 1.78. The number of pyridine rings is 1. The normalized spacial score (nSPS) is 23.8. The molecule has 15 heteroatoms. The van der Waals surface area contributed by atoms with Crippen molar-refractivity contribution < 1.29 is 52.9 Å². The summed E-state index contributed by atoms with van der Waals surface area (Å²) in [6.45, 7) is -3.07. The third kappa shape index (κ3) is 5.26. The maximum absolute atomic E-state index is 12.7. The molecule has 3 heterocycles. The number of imidazole rings is 1. The Morgan fingerprint density at radius 3 is 2.57 bits per heavy atom. The number of thioether (sulfide) groups is 1. The zero-order valence-electron chi connectivity index (χ0n) is 19.4. The molecule has 0 unspecified atom stereocenters. The summed E-state index contributed by atoms with van der Waals surface area (Å²) in [5.41, 5.74) is 0.886. The van der Waals surface area contributed by atoms with Gasteiger partial charge in [-0.05, 0) is 12.1 Å². The molecule has 0 radical (unpaired) electrons. The number of carboxylic acid groups (broad SMARTS) is 1. The highest BCUT2D eigenvalue weighted by atomic mass is 32.2. The number of methoxy groups -OCH3 is 2. The SMILES string of the molecule is COc1ccnc(CSc2nc3cc(OC(F)F)ccc3n2[C@H]2O[C@H](C(=O)O)[C@H](O)[C@@H](O)[C@H]2O)c1OC. The number of aliphatic hydroxyl groups is 3. The van der Waals surface area contributed by atoms with Crippen LogP contribution in [0.25, 0.3) is 11.0 Å². The lowest BCUT2D eigenvalue weighted by Gasteiger charge is -2.39. The van der Waals surface area contributed by atoms with Crippen LogP contribution < -0.4 is 14.2 Å². The van der Waals surface area contributed by atoms with Crippen molar-refractivity contribution in [3.05, 3.63) is 36.2 Å². The van der Waals surface area contributed by atoms with Gasteiger partial charge in [0.1, 0.15) is 24.1 Å². The molecule has 3 aromatic rings. The molecule has 1 saturated heterocycles. The van der Waals surface area contributed by atoms with E-state index in [0.29, 0.717) is 17.2 Å². The Hall–Kier alpha value is -3.24. The van der Waals surface area contributed by atoms with Crippen molar-refractivity contribution in [2.45, 2.75) is 48.2 Å². The van der Waals surface area contributed by atoms with E-state index >= 15 is 0 Å². The van der Waals surface area contributed by atoms with E-state index in [0.717, 1.165) is 11.8 Å². The van der Waals surface area contributed by atoms with Crippen LogP contribution >= 0.6 is 11.8 Å². The van der Waals surface area contributed by atoms with E-state index in [9.17, 15) is 34.0 Å². The predicted octanol–water partition coefficient (Wildman–Crippen LogP) is 1.41. The minimum Gasteiger partial charge on any atom is -0.493 e. The van der Waals surface area contributed by atoms with Gasteiger partial charge in [0, 0.05) is 24.1 Å². The van der Waals surface area contributed by atoms with E-state index in [1.54, 1.807) is 6.07 Å². The quantitative estimate of drug-likeness (QED) is 0.287. The lowest BCUT2D eigenvalue weighted by Crippen LogP contribution is -2.57. The second-order valence-corrected chi connectivity index (χ2v) is 8.77. The molecule has 12 nitrogen and oxygen atoms in total. The van der Waals surface area contributed by atoms with Crippen LogP contribution in [0.4, 0.5) is 8.78 Å². The van der Waals surface area contributed by atoms with Crippen molar-refractivity contribution in [2.24, 2.45) is 0 Å². The first kappa shape index (κ1) is 26.8. The summed E-state index contributed by atoms with van der Waals surface area (Å²) in [7, 11) is 2.91. The number of halogens is 2. The zero-order chi connectivity index (χ0) is 26.9. The summed E-state index contributed by atoms with van der Waals surface area (Å²) in [5, 5.41) is 40.8. The van der Waals surface area contributed by atoms with Gasteiger partial charge >= 0.3 is 12.6 Å². The van der Waals surface area contributed by atoms with Crippen LogP contribution in [-0.4, -0.2) is 86.2 Å². The van der Waals surface area contributed by atoms with Gasteiger partial charge in [-0.3, -0.25) is 9.55 Å². The first-order valence-corrected chi connectivity index (χ1v) is 11.7. The molecule has 1 fully saturated rings. The van der Waals surface area contributed by atoms with Crippen molar-refractivity contribution in [1.82, 2.24) is 14.5 Å². The lowest BCUT2D eigenvalue weighted by molar-refractivity contribution is -0.247. The minimum absolute atomic E-state index is 0.153. The van der Waals surface area contributed by atoms with E-state index in [1.165, 1.54) is 43.2 Å². The number of fused-ring (bicyclic) bond motifs is 1. The third-order valence-electron chi connectivity index (χ3n) is 5.64. The lowest BCUT2D eigenvalue weighted by atomic mass is 9.98. The van der Waals surface area contributed by atoms with Crippen LogP contribution in [0, 0.1) is 0 Å². The molecule has 0 bridgehead atoms. The molecule has 200 valence electrons. The van der Waals surface area contributed by atoms with Gasteiger partial charge in [-0.15, -0.1) is 0 Å². The molecule has 0 saturated carbocycles. The smallest absolute Gasteiger partial charge is 0.387 e. The van der Waals surface area contributed by atoms with E-state index in [2.05, 4.69) is 14.7 Å². The summed E-state index contributed by atoms with van der Waals surface area (Å²) in [6.07, 6.45) is -7.38. The second-order valence-electron chi connectivity index (χ2n) is 7.83. The highest BCUT2D eigenvalue weighted by Crippen LogP contribution is 2.39. The average Bonchev–Trinajstić information content (AvgIpc) is 3.22. The standard InChI is InChI=1S/C22H23F2N3O9S/c1-33-13-5-6-25-11(17(13)34-2)8-37-22-26-10-7-9(35-21(23)24)3-4-12(10)27(22)19-16(30)14(28)15(29)18(36-19)20(31)32/h3-7,14-16,18-19,21,28-30H,8H2,1-2H3,(H,31,32)/t14-,15-,16-,18+,19+/m1/s1. The molecule has 0 amide bonds. The van der Waals surface area contributed by atoms with Crippen LogP contribution in [0.2, 0.25) is 0 Å². The number of alkyl halides is 2. The van der Waals surface area contributed by atoms with Gasteiger partial charge in [0.05, 0.1) is 30.9 Å². The van der Waals surface area contributed by atoms with Crippen LogP contribution in [0.5, 0.6) is 17.2 Å². The largest absolute Gasteiger partial charge is 0.493 e. The van der Waals surface area contributed by atoms with Crippen molar-refractivity contribution >= 4 is 28.8 Å². The number of aromatic nitrogens is 3. The number of aliphatic carboxylic acids is 1. The summed E-state index contributed by atoms with van der Waals surface area (Å²) in [5.74, 6) is -0.779. The predicted molar refractivity (Wildman–Crippen MR) is 123 cm³/mol. The molecule has 5 atom stereocenters. The van der Waals surface area contributed by atoms with E-state index < -0.39 is 43.2 Å². The summed E-state index contributed by atoms with van der Waals surface area (Å²) < 4.78 is 47.4. The fraction of sp³-hybridized carbons (Fsp3) is 0.409. The van der Waals surface area contributed by atoms with Gasteiger partial charge in [-0.2, -0.15) is 8.78 Å². The maximum Gasteiger partial charge on any atom is 0.387 e. The fourth-order valence-electron chi connectivity index (χ4n) is 3.95. The summed E-state index contributed by atoms with van der Waals surface area (Å²) in [6, 6.07) is 5.46. The van der Waals surface area contributed by atoms with Crippen molar-refractivity contribution in [2.75, 3.05) is 14.2 Å². The Kier molecular flexibility index (Phi) is 7.99. The van der Waals surface area contributed by atoms with Gasteiger partial charge in [-0.25, -0.2) is 9.78 Å². The van der Waals surface area contributed by atoms with Crippen molar-refractivity contribution in [3.8, 4) is 17.2 Å². The molecule has 0 aliphatic carbocycles. The Morgan fingerprint density at radius 2 is 1.92 bits per heavy atom. The first-order chi connectivity index (χ1) is 17.7. The molecule has 4 rings (SSSR count). The third-order valence-corrected chi connectivity index (χ3v) is 6.61. The highest BCUT2D eigenvalue weighted by molar-refractivity contribution is 7.98. The number of aliphatic hydroxyl groups excluding tert-OH is 3. The van der Waals surface area contributed by atoms with Gasteiger partial charge in [0.25, 0.3) is 0 Å². The Labute approximate surface area is 212 Å². The molecule has 1 aromatic carbocycles. The number of hydrogen-bond acceptors (Lipinski definition) is 11. The Bertz CT molecular complexity index is 1280. The summed E-state index contributed by atoms with van der Waals surface area (Å²) in [4.78, 5) is 20.4. The molecule has 4 N–H and O–H groups in total. The monoisotopic (exact) mass is 543 g/mol. The van der Waals surface area contributed by atoms with Crippen LogP contribution in [0.1, 0.15) is 11.9 Å². The second kappa shape index (κ2) is 11.0. The van der Waals surface area contributed by atoms with Gasteiger partial charge in [0.15, 0.2) is 29.0 Å². The minimum atomic E-state index is -3.07. The van der Waals surface area contributed by atoms with Crippen LogP contribution in [0.15, 0.2) is 35.6 Å². The van der Waals surface area contributed by atoms with Crippen LogP contribution in [-0.2, 0) is 15.3 Å². The molecule has 1 aliphatic heterocycles. The van der Waals surface area contributed by atoms with E-state index in [1.807, 2.05) is 0 Å². The molecular formula is C22H23F2N3O9S. The molecule has 0 spiro atoms. The molecular weight excluding hydrogens is 520 g/mol. The van der Waals surface area contributed by atoms with Gasteiger partial charge in [0.2, 0.25) is 0 Å². The summed E-state index contributed by atoms with van der Waals surface area (Å²) >= 11 is 1.08. The number of carbonyl (C=O) groups is 1. The number of hydrogen-bond donors (Lipinski definition) is 4. The first-order valence-electron chi connectivity index (χ1n) is 10.7. The number of ether oxygens (including phenoxy) is 4. The molecule has 37 heavy (non-hydrogen) atoms. The van der Waals surface area contributed by atoms with E-state index in [-0.39, 0.29) is 27.7 Å². The van der Waals surface area contributed by atoms with Crippen LogP contribution in [0.3, 0.4) is 0 Å². The number of benzene rings is 1. The highest BCUT2D eigenvalue weighted by Gasteiger charge is 2.48. The number of nitrogens with zero attached hydrogens (tertiary/aromatic N) is 3. The average molecular weight is 544 g/mol. The fourth-order valence-corrected chi connectivity index (χ4v) is 4.92. The van der Waals surface area contributed by atoms with Crippen molar-refractivity contribution in [1.29, 1.82) is 0 Å². The Morgan fingerprint density at radius 1 is 1.16 bits per heavy atom. The number of carboxylic acids is 1. The van der Waals surface area contributed by atoms with Gasteiger partial charge < -0.3 is 39.4 Å². The molecule has 1 aliphatic rings. The van der Waals surface area contributed by atoms with Crippen molar-refractivity contribution in [3.63, 3.8) is 0 Å². The maximum atomic E-state index is 12.7. The number of rotatable bonds is 9.